The number of carbonyl (C=O) groups excluding carboxylic acids is 1. The molecule has 1 N–H and O–H groups in total. The number of halogens is 1. The quantitative estimate of drug-likeness (QED) is 0.740. The summed E-state index contributed by atoms with van der Waals surface area (Å²) < 4.78 is 5.64. The average molecular weight is 329 g/mol. The number of rotatable bonds is 6. The molecule has 0 saturated carbocycles. The summed E-state index contributed by atoms with van der Waals surface area (Å²) in [7, 11) is 0. The molecule has 0 fully saturated rings. The van der Waals surface area contributed by atoms with E-state index in [9.17, 15) is 4.79 Å². The Labute approximate surface area is 139 Å². The fourth-order valence-corrected chi connectivity index (χ4v) is 2.44. The minimum atomic E-state index is 0.0241. The van der Waals surface area contributed by atoms with Crippen molar-refractivity contribution in [3.63, 3.8) is 0 Å². The van der Waals surface area contributed by atoms with Crippen LogP contribution < -0.4 is 5.32 Å². The molecule has 1 aromatic heterocycles. The number of carbonyl (C=O) groups is 1. The smallest absolute Gasteiger partial charge is 0.220 e. The molecule has 0 bridgehead atoms. The van der Waals surface area contributed by atoms with Gasteiger partial charge in [0.2, 0.25) is 5.91 Å². The van der Waals surface area contributed by atoms with Gasteiger partial charge in [0.15, 0.2) is 11.5 Å². The normalized spacial score (nSPS) is 10.8. The molecule has 1 heterocycles. The van der Waals surface area contributed by atoms with Gasteiger partial charge in [0.1, 0.15) is 5.52 Å². The number of aromatic nitrogens is 1. The molecule has 1 amide bonds. The number of benzene rings is 2. The zero-order chi connectivity index (χ0) is 16.1. The summed E-state index contributed by atoms with van der Waals surface area (Å²) in [6.45, 7) is 0.513. The van der Waals surface area contributed by atoms with Crippen molar-refractivity contribution in [2.75, 3.05) is 0 Å². The number of oxazole rings is 1. The van der Waals surface area contributed by atoms with Gasteiger partial charge in [-0.1, -0.05) is 35.9 Å². The molecule has 4 nitrogen and oxygen atoms in total. The topological polar surface area (TPSA) is 55.1 Å². The molecule has 0 aliphatic heterocycles. The van der Waals surface area contributed by atoms with Crippen molar-refractivity contribution in [1.29, 1.82) is 0 Å². The van der Waals surface area contributed by atoms with Crippen LogP contribution >= 0.6 is 11.6 Å². The molecule has 0 radical (unpaired) electrons. The highest BCUT2D eigenvalue weighted by molar-refractivity contribution is 6.30. The molecule has 2 aromatic carbocycles. The number of nitrogens with one attached hydrogen (secondary N) is 1. The number of para-hydroxylation sites is 2. The number of aryl methyl sites for hydroxylation is 1. The van der Waals surface area contributed by atoms with Crippen molar-refractivity contribution in [2.24, 2.45) is 0 Å². The summed E-state index contributed by atoms with van der Waals surface area (Å²) in [5.41, 5.74) is 2.67. The fraction of sp³-hybridized carbons (Fsp3) is 0.222. The molecule has 0 saturated heterocycles. The second-order valence-electron chi connectivity index (χ2n) is 5.33. The monoisotopic (exact) mass is 328 g/mol. The first-order valence-electron chi connectivity index (χ1n) is 7.56. The molecular weight excluding hydrogens is 312 g/mol. The second-order valence-corrected chi connectivity index (χ2v) is 5.77. The van der Waals surface area contributed by atoms with Crippen molar-refractivity contribution in [2.45, 2.75) is 25.8 Å². The second kappa shape index (κ2) is 7.29. The molecule has 0 aliphatic carbocycles. The van der Waals surface area contributed by atoms with E-state index in [-0.39, 0.29) is 5.91 Å². The molecule has 5 heteroatoms. The van der Waals surface area contributed by atoms with Gasteiger partial charge in [0.25, 0.3) is 0 Å². The van der Waals surface area contributed by atoms with Crippen LogP contribution in [-0.4, -0.2) is 10.9 Å². The van der Waals surface area contributed by atoms with E-state index in [2.05, 4.69) is 10.3 Å². The third-order valence-electron chi connectivity index (χ3n) is 3.54. The Balaban J connectivity index is 1.43. The van der Waals surface area contributed by atoms with E-state index in [1.165, 1.54) is 0 Å². The van der Waals surface area contributed by atoms with Crippen molar-refractivity contribution in [3.8, 4) is 0 Å². The summed E-state index contributed by atoms with van der Waals surface area (Å²) in [6.07, 6.45) is 1.81. The molecule has 23 heavy (non-hydrogen) atoms. The van der Waals surface area contributed by atoms with E-state index in [0.29, 0.717) is 36.7 Å². The van der Waals surface area contributed by atoms with Crippen LogP contribution in [0.25, 0.3) is 11.1 Å². The van der Waals surface area contributed by atoms with Crippen LogP contribution in [0.1, 0.15) is 24.3 Å². The lowest BCUT2D eigenvalue weighted by Crippen LogP contribution is -2.22. The summed E-state index contributed by atoms with van der Waals surface area (Å²) in [5, 5.41) is 3.59. The molecule has 3 rings (SSSR count). The Morgan fingerprint density at radius 3 is 2.70 bits per heavy atom. The van der Waals surface area contributed by atoms with Gasteiger partial charge >= 0.3 is 0 Å². The maximum absolute atomic E-state index is 11.9. The predicted molar refractivity (Wildman–Crippen MR) is 90.2 cm³/mol. The number of hydrogen-bond donors (Lipinski definition) is 1. The Hall–Kier alpha value is -2.33. The zero-order valence-electron chi connectivity index (χ0n) is 12.6. The van der Waals surface area contributed by atoms with Crippen molar-refractivity contribution < 1.29 is 9.21 Å². The molecule has 0 spiro atoms. The number of amides is 1. The minimum absolute atomic E-state index is 0.0241. The maximum Gasteiger partial charge on any atom is 0.220 e. The Kier molecular flexibility index (Phi) is 4.93. The van der Waals surface area contributed by atoms with Crippen LogP contribution in [0.4, 0.5) is 0 Å². The Morgan fingerprint density at radius 2 is 1.91 bits per heavy atom. The molecule has 3 aromatic rings. The molecule has 0 atom stereocenters. The molecule has 0 aliphatic rings. The third kappa shape index (κ3) is 4.33. The standard InChI is InChI=1S/C18H17ClN2O2/c19-14-10-8-13(9-11-14)12-20-17(22)6-3-7-18-21-15-4-1-2-5-16(15)23-18/h1-2,4-5,8-11H,3,6-7,12H2,(H,20,22). The Bertz CT molecular complexity index is 763. The maximum atomic E-state index is 11.9. The zero-order valence-corrected chi connectivity index (χ0v) is 13.3. The number of nitrogens with zero attached hydrogens (tertiary/aromatic N) is 1. The van der Waals surface area contributed by atoms with Crippen molar-refractivity contribution in [3.05, 3.63) is 65.0 Å². The average Bonchev–Trinajstić information content (AvgIpc) is 2.97. The Morgan fingerprint density at radius 1 is 1.13 bits per heavy atom. The predicted octanol–water partition coefficient (Wildman–Crippen LogP) is 4.12. The lowest BCUT2D eigenvalue weighted by atomic mass is 10.2. The van der Waals surface area contributed by atoms with Crippen LogP contribution in [0.2, 0.25) is 5.02 Å². The molecule has 118 valence electrons. The van der Waals surface area contributed by atoms with Crippen molar-refractivity contribution in [1.82, 2.24) is 10.3 Å². The largest absolute Gasteiger partial charge is 0.441 e. The first kappa shape index (κ1) is 15.6. The van der Waals surface area contributed by atoms with E-state index >= 15 is 0 Å². The third-order valence-corrected chi connectivity index (χ3v) is 3.79. The van der Waals surface area contributed by atoms with Crippen LogP contribution in [0.15, 0.2) is 52.9 Å². The van der Waals surface area contributed by atoms with Crippen LogP contribution in [0.3, 0.4) is 0 Å². The van der Waals surface area contributed by atoms with Gasteiger partial charge < -0.3 is 9.73 Å². The highest BCUT2D eigenvalue weighted by atomic mass is 35.5. The van der Waals surface area contributed by atoms with E-state index in [1.54, 1.807) is 0 Å². The molecular formula is C18H17ClN2O2. The lowest BCUT2D eigenvalue weighted by Gasteiger charge is -2.05. The van der Waals surface area contributed by atoms with E-state index in [4.69, 9.17) is 16.0 Å². The van der Waals surface area contributed by atoms with E-state index < -0.39 is 0 Å². The van der Waals surface area contributed by atoms with Gasteiger partial charge in [-0.05, 0) is 36.2 Å². The fourth-order valence-electron chi connectivity index (χ4n) is 2.32. The number of hydrogen-bond acceptors (Lipinski definition) is 3. The first-order valence-corrected chi connectivity index (χ1v) is 7.94. The summed E-state index contributed by atoms with van der Waals surface area (Å²) in [5.74, 6) is 0.702. The van der Waals surface area contributed by atoms with Crippen LogP contribution in [-0.2, 0) is 17.8 Å². The first-order chi connectivity index (χ1) is 11.2. The van der Waals surface area contributed by atoms with Gasteiger partial charge in [0, 0.05) is 24.4 Å². The summed E-state index contributed by atoms with van der Waals surface area (Å²) in [4.78, 5) is 16.3. The van der Waals surface area contributed by atoms with Crippen LogP contribution in [0.5, 0.6) is 0 Å². The van der Waals surface area contributed by atoms with E-state index in [1.807, 2.05) is 48.5 Å². The number of fused-ring (bicyclic) bond motifs is 1. The summed E-state index contributed by atoms with van der Waals surface area (Å²) >= 11 is 5.83. The van der Waals surface area contributed by atoms with Gasteiger partial charge in [-0.3, -0.25) is 4.79 Å². The summed E-state index contributed by atoms with van der Waals surface area (Å²) in [6, 6.07) is 15.1. The van der Waals surface area contributed by atoms with Gasteiger partial charge in [-0.15, -0.1) is 0 Å². The SMILES string of the molecule is O=C(CCCc1nc2ccccc2o1)NCc1ccc(Cl)cc1. The van der Waals surface area contributed by atoms with Gasteiger partial charge in [-0.2, -0.15) is 0 Å². The highest BCUT2D eigenvalue weighted by Gasteiger charge is 2.07. The van der Waals surface area contributed by atoms with Gasteiger partial charge in [0.05, 0.1) is 0 Å². The molecule has 0 unspecified atom stereocenters. The lowest BCUT2D eigenvalue weighted by molar-refractivity contribution is -0.121. The van der Waals surface area contributed by atoms with Gasteiger partial charge in [-0.25, -0.2) is 4.98 Å². The highest BCUT2D eigenvalue weighted by Crippen LogP contribution is 2.16. The van der Waals surface area contributed by atoms with Crippen LogP contribution in [0, 0.1) is 0 Å². The van der Waals surface area contributed by atoms with Crippen molar-refractivity contribution >= 4 is 28.6 Å². The minimum Gasteiger partial charge on any atom is -0.441 e. The van der Waals surface area contributed by atoms with E-state index in [0.717, 1.165) is 16.7 Å².